The molecule has 0 saturated heterocycles. The maximum absolute atomic E-state index is 5.18. The smallest absolute Gasteiger partial charge is 0.160 e. The highest BCUT2D eigenvalue weighted by atomic mass is 14.9. The topological polar surface area (TPSA) is 64.5 Å². The standard InChI is InChI=1S/C41H25N5/c1-2-17-36-33(15-1)40(34-16-5-8-26-13-6-22-42-37(26)34)46-41(45-36)32-12-4-10-30(25-32)29-9-3-11-31(24-29)35-21-20-28-19-18-27-14-7-23-43-38(27)39(28)44-35/h1-25H. The van der Waals surface area contributed by atoms with Gasteiger partial charge in [-0.25, -0.2) is 15.0 Å². The van der Waals surface area contributed by atoms with Gasteiger partial charge in [-0.15, -0.1) is 0 Å². The molecule has 0 atom stereocenters. The number of hydrogen-bond acceptors (Lipinski definition) is 5. The van der Waals surface area contributed by atoms with E-state index in [0.29, 0.717) is 5.82 Å². The fourth-order valence-electron chi connectivity index (χ4n) is 6.29. The average Bonchev–Trinajstić information content (AvgIpc) is 3.14. The minimum Gasteiger partial charge on any atom is -0.256 e. The van der Waals surface area contributed by atoms with Crippen LogP contribution in [0, 0.1) is 0 Å². The van der Waals surface area contributed by atoms with Crippen LogP contribution in [-0.4, -0.2) is 24.9 Å². The Kier molecular flexibility index (Phi) is 6.06. The van der Waals surface area contributed by atoms with E-state index in [1.165, 1.54) is 0 Å². The summed E-state index contributed by atoms with van der Waals surface area (Å²) in [6.07, 6.45) is 3.66. The molecule has 4 heterocycles. The quantitative estimate of drug-likeness (QED) is 0.192. The van der Waals surface area contributed by atoms with Gasteiger partial charge in [-0.3, -0.25) is 9.97 Å². The first-order valence-electron chi connectivity index (χ1n) is 15.3. The van der Waals surface area contributed by atoms with Gasteiger partial charge in [0.2, 0.25) is 0 Å². The van der Waals surface area contributed by atoms with Crippen LogP contribution >= 0.6 is 0 Å². The molecule has 214 valence electrons. The van der Waals surface area contributed by atoms with E-state index in [2.05, 4.69) is 114 Å². The Morgan fingerprint density at radius 1 is 0.391 bits per heavy atom. The number of aromatic nitrogens is 5. The molecule has 0 fully saturated rings. The molecule has 46 heavy (non-hydrogen) atoms. The van der Waals surface area contributed by atoms with Crippen LogP contribution in [-0.2, 0) is 0 Å². The summed E-state index contributed by atoms with van der Waals surface area (Å²) in [7, 11) is 0. The molecule has 5 heteroatoms. The Morgan fingerprint density at radius 2 is 1.02 bits per heavy atom. The van der Waals surface area contributed by atoms with Gasteiger partial charge in [0.15, 0.2) is 5.82 Å². The van der Waals surface area contributed by atoms with Crippen LogP contribution in [0.3, 0.4) is 0 Å². The maximum atomic E-state index is 5.18. The van der Waals surface area contributed by atoms with Gasteiger partial charge in [-0.2, -0.15) is 0 Å². The number of rotatable bonds is 4. The van der Waals surface area contributed by atoms with Gasteiger partial charge in [-0.1, -0.05) is 103 Å². The fourth-order valence-corrected chi connectivity index (χ4v) is 6.29. The molecule has 5 nitrogen and oxygen atoms in total. The van der Waals surface area contributed by atoms with Crippen LogP contribution in [0.25, 0.3) is 88.6 Å². The van der Waals surface area contributed by atoms with E-state index in [1.54, 1.807) is 0 Å². The first-order valence-corrected chi connectivity index (χ1v) is 15.3. The third-order valence-corrected chi connectivity index (χ3v) is 8.54. The molecule has 0 bridgehead atoms. The molecule has 0 aliphatic carbocycles. The number of hydrogen-bond donors (Lipinski definition) is 0. The van der Waals surface area contributed by atoms with Crippen molar-refractivity contribution in [1.82, 2.24) is 24.9 Å². The molecule has 0 aliphatic rings. The van der Waals surface area contributed by atoms with Gasteiger partial charge in [-0.05, 0) is 47.5 Å². The summed E-state index contributed by atoms with van der Waals surface area (Å²) < 4.78 is 0. The van der Waals surface area contributed by atoms with E-state index in [4.69, 9.17) is 19.9 Å². The lowest BCUT2D eigenvalue weighted by atomic mass is 9.99. The summed E-state index contributed by atoms with van der Waals surface area (Å²) in [5, 5.41) is 4.24. The molecule has 0 radical (unpaired) electrons. The molecule has 4 aromatic heterocycles. The largest absolute Gasteiger partial charge is 0.256 e. The van der Waals surface area contributed by atoms with Crippen LogP contribution in [0.2, 0.25) is 0 Å². The van der Waals surface area contributed by atoms with Gasteiger partial charge in [0.1, 0.15) is 0 Å². The zero-order valence-electron chi connectivity index (χ0n) is 24.7. The molecule has 0 amide bonds. The molecule has 0 spiro atoms. The van der Waals surface area contributed by atoms with Crippen LogP contribution in [0.5, 0.6) is 0 Å². The first kappa shape index (κ1) is 26.1. The van der Waals surface area contributed by atoms with E-state index < -0.39 is 0 Å². The molecule has 9 aromatic rings. The van der Waals surface area contributed by atoms with Gasteiger partial charge < -0.3 is 0 Å². The van der Waals surface area contributed by atoms with Crippen molar-refractivity contribution in [2.45, 2.75) is 0 Å². The molecular weight excluding hydrogens is 562 g/mol. The van der Waals surface area contributed by atoms with Crippen molar-refractivity contribution in [2.75, 3.05) is 0 Å². The highest BCUT2D eigenvalue weighted by Crippen LogP contribution is 2.34. The van der Waals surface area contributed by atoms with E-state index in [-0.39, 0.29) is 0 Å². The lowest BCUT2D eigenvalue weighted by Crippen LogP contribution is -1.96. The summed E-state index contributed by atoms with van der Waals surface area (Å²) in [5.74, 6) is 0.676. The summed E-state index contributed by atoms with van der Waals surface area (Å²) in [6.45, 7) is 0. The van der Waals surface area contributed by atoms with Gasteiger partial charge in [0.25, 0.3) is 0 Å². The van der Waals surface area contributed by atoms with E-state index >= 15 is 0 Å². The second kappa shape index (κ2) is 10.7. The van der Waals surface area contributed by atoms with Crippen molar-refractivity contribution in [2.24, 2.45) is 0 Å². The molecule has 9 rings (SSSR count). The zero-order chi connectivity index (χ0) is 30.5. The van der Waals surface area contributed by atoms with Crippen molar-refractivity contribution in [3.63, 3.8) is 0 Å². The number of pyridine rings is 3. The molecule has 5 aromatic carbocycles. The van der Waals surface area contributed by atoms with Crippen LogP contribution < -0.4 is 0 Å². The highest BCUT2D eigenvalue weighted by Gasteiger charge is 2.15. The van der Waals surface area contributed by atoms with Crippen molar-refractivity contribution < 1.29 is 0 Å². The Morgan fingerprint density at radius 3 is 1.87 bits per heavy atom. The second-order valence-electron chi connectivity index (χ2n) is 11.4. The monoisotopic (exact) mass is 587 g/mol. The fraction of sp³-hybridized carbons (Fsp3) is 0. The maximum Gasteiger partial charge on any atom is 0.160 e. The third kappa shape index (κ3) is 4.45. The Balaban J connectivity index is 1.15. The van der Waals surface area contributed by atoms with Gasteiger partial charge >= 0.3 is 0 Å². The van der Waals surface area contributed by atoms with Crippen molar-refractivity contribution in [3.05, 3.63) is 152 Å². The number of para-hydroxylation sites is 2. The Hall–Kier alpha value is -6.33. The van der Waals surface area contributed by atoms with Crippen molar-refractivity contribution in [1.29, 1.82) is 0 Å². The number of nitrogens with zero attached hydrogens (tertiary/aromatic N) is 5. The van der Waals surface area contributed by atoms with Crippen LogP contribution in [0.15, 0.2) is 152 Å². The third-order valence-electron chi connectivity index (χ3n) is 8.54. The minimum absolute atomic E-state index is 0.676. The molecule has 0 aliphatic heterocycles. The van der Waals surface area contributed by atoms with Crippen LogP contribution in [0.1, 0.15) is 0 Å². The average molecular weight is 588 g/mol. The Bertz CT molecular complexity index is 2600. The summed E-state index contributed by atoms with van der Waals surface area (Å²) >= 11 is 0. The molecule has 0 saturated carbocycles. The van der Waals surface area contributed by atoms with Crippen molar-refractivity contribution >= 4 is 43.6 Å². The second-order valence-corrected chi connectivity index (χ2v) is 11.4. The predicted molar refractivity (Wildman–Crippen MR) is 187 cm³/mol. The number of benzene rings is 5. The number of fused-ring (bicyclic) bond motifs is 5. The lowest BCUT2D eigenvalue weighted by Gasteiger charge is -2.12. The van der Waals surface area contributed by atoms with Crippen molar-refractivity contribution in [3.8, 4) is 45.0 Å². The summed E-state index contributed by atoms with van der Waals surface area (Å²) in [6, 6.07) is 47.9. The molecular formula is C41H25N5. The van der Waals surface area contributed by atoms with Gasteiger partial charge in [0, 0.05) is 50.6 Å². The highest BCUT2D eigenvalue weighted by molar-refractivity contribution is 6.04. The van der Waals surface area contributed by atoms with E-state index in [1.807, 2.05) is 42.7 Å². The Labute approximate surface area is 264 Å². The van der Waals surface area contributed by atoms with Gasteiger partial charge in [0.05, 0.1) is 33.5 Å². The van der Waals surface area contributed by atoms with E-state index in [9.17, 15) is 0 Å². The molecule has 0 N–H and O–H groups in total. The SMILES string of the molecule is c1cc(-c2cccc(-c3nc(-c4cccc5cccnc45)c4ccccc4n3)c2)cc(-c2ccc3ccc4cccnc4c3n2)c1. The summed E-state index contributed by atoms with van der Waals surface area (Å²) in [5.41, 5.74) is 10.6. The lowest BCUT2D eigenvalue weighted by molar-refractivity contribution is 1.23. The normalized spacial score (nSPS) is 11.5. The minimum atomic E-state index is 0.676. The predicted octanol–water partition coefficient (Wildman–Crippen LogP) is 9.94. The zero-order valence-corrected chi connectivity index (χ0v) is 24.7. The first-order chi connectivity index (χ1) is 22.8. The van der Waals surface area contributed by atoms with E-state index in [0.717, 1.165) is 82.8 Å². The van der Waals surface area contributed by atoms with Crippen LogP contribution in [0.4, 0.5) is 0 Å². The molecule has 0 unspecified atom stereocenters. The summed E-state index contributed by atoms with van der Waals surface area (Å²) in [4.78, 5) is 24.6.